The van der Waals surface area contributed by atoms with Crippen molar-refractivity contribution in [2.75, 3.05) is 43.5 Å². The molecule has 1 aromatic heterocycles. The van der Waals surface area contributed by atoms with E-state index in [1.165, 1.54) is 0 Å². The molecule has 0 atom stereocenters. The van der Waals surface area contributed by atoms with Crippen molar-refractivity contribution in [1.82, 2.24) is 14.9 Å². The Balaban J connectivity index is 1.97. The number of anilines is 1. The van der Waals surface area contributed by atoms with Crippen molar-refractivity contribution in [3.05, 3.63) is 24.4 Å². The summed E-state index contributed by atoms with van der Waals surface area (Å²) in [5.74, 6) is -0.178. The number of carbonyl (C=O) groups excluding carboxylic acids is 1. The first kappa shape index (κ1) is 21.3. The molecule has 1 aliphatic rings. The van der Waals surface area contributed by atoms with Gasteiger partial charge >= 0.3 is 6.18 Å². The highest BCUT2D eigenvalue weighted by Crippen LogP contribution is 2.20. The molecule has 1 aromatic rings. The van der Waals surface area contributed by atoms with Gasteiger partial charge in [0.05, 0.1) is 5.88 Å². The molecule has 2 heterocycles. The Morgan fingerprint density at radius 3 is 2.44 bits per heavy atom. The zero-order valence-corrected chi connectivity index (χ0v) is 16.0. The van der Waals surface area contributed by atoms with Crippen LogP contribution in [-0.4, -0.2) is 77.3 Å². The summed E-state index contributed by atoms with van der Waals surface area (Å²) >= 11 is 5.38. The van der Waals surface area contributed by atoms with Crippen molar-refractivity contribution in [2.24, 2.45) is 5.10 Å². The van der Waals surface area contributed by atoms with Crippen LogP contribution in [0.5, 0.6) is 0 Å². The highest BCUT2D eigenvalue weighted by atomic mass is 35.5. The van der Waals surface area contributed by atoms with Crippen molar-refractivity contribution in [3.8, 4) is 0 Å². The van der Waals surface area contributed by atoms with Gasteiger partial charge in [-0.3, -0.25) is 9.80 Å². The van der Waals surface area contributed by atoms with E-state index in [2.05, 4.69) is 15.0 Å². The first-order valence-electron chi connectivity index (χ1n) is 8.63. The van der Waals surface area contributed by atoms with Crippen LogP contribution in [-0.2, 0) is 4.79 Å². The van der Waals surface area contributed by atoms with Gasteiger partial charge in [0.1, 0.15) is 12.4 Å². The molecule has 27 heavy (non-hydrogen) atoms. The van der Waals surface area contributed by atoms with Gasteiger partial charge in [0.15, 0.2) is 5.71 Å². The molecule has 1 aliphatic heterocycles. The lowest BCUT2D eigenvalue weighted by Crippen LogP contribution is -2.51. The Morgan fingerprint density at radius 1 is 1.30 bits per heavy atom. The van der Waals surface area contributed by atoms with Gasteiger partial charge in [-0.2, -0.15) is 18.3 Å². The average molecular weight is 406 g/mol. The van der Waals surface area contributed by atoms with Gasteiger partial charge in [-0.25, -0.2) is 4.98 Å². The van der Waals surface area contributed by atoms with Crippen LogP contribution in [0.15, 0.2) is 29.5 Å². The van der Waals surface area contributed by atoms with Crippen LogP contribution in [0.4, 0.5) is 19.0 Å². The van der Waals surface area contributed by atoms with Gasteiger partial charge in [0.2, 0.25) is 5.91 Å². The number of hydrogen-bond acceptors (Lipinski definition) is 5. The summed E-state index contributed by atoms with van der Waals surface area (Å²) in [4.78, 5) is 20.5. The van der Waals surface area contributed by atoms with E-state index in [4.69, 9.17) is 11.6 Å². The average Bonchev–Trinajstić information content (AvgIpc) is 2.64. The van der Waals surface area contributed by atoms with Crippen molar-refractivity contribution in [3.63, 3.8) is 0 Å². The number of rotatable bonds is 6. The molecule has 0 N–H and O–H groups in total. The normalized spacial score (nSPS) is 16.0. The second kappa shape index (κ2) is 9.25. The molecule has 0 saturated carbocycles. The quantitative estimate of drug-likeness (QED) is 0.415. The van der Waals surface area contributed by atoms with Crippen LogP contribution >= 0.6 is 11.6 Å². The van der Waals surface area contributed by atoms with Crippen LogP contribution < -0.4 is 4.90 Å². The molecule has 0 aromatic carbocycles. The molecule has 6 nitrogen and oxygen atoms in total. The van der Waals surface area contributed by atoms with E-state index in [-0.39, 0.29) is 18.5 Å². The predicted molar refractivity (Wildman–Crippen MR) is 99.1 cm³/mol. The fourth-order valence-electron chi connectivity index (χ4n) is 2.61. The van der Waals surface area contributed by atoms with Gasteiger partial charge in [0.25, 0.3) is 0 Å². The fourth-order valence-corrected chi connectivity index (χ4v) is 2.82. The van der Waals surface area contributed by atoms with E-state index >= 15 is 0 Å². The molecule has 1 saturated heterocycles. The zero-order valence-electron chi connectivity index (χ0n) is 15.3. The fraction of sp³-hybridized carbons (Fsp3) is 0.588. The van der Waals surface area contributed by atoms with E-state index in [9.17, 15) is 18.0 Å². The molecule has 150 valence electrons. The second-order valence-corrected chi connectivity index (χ2v) is 6.69. The summed E-state index contributed by atoms with van der Waals surface area (Å²) in [6, 6.07) is 5.26. The maximum atomic E-state index is 12.9. The molecular weight excluding hydrogens is 383 g/mol. The smallest absolute Gasteiger partial charge is 0.353 e. The Morgan fingerprint density at radius 2 is 1.96 bits per heavy atom. The third kappa shape index (κ3) is 5.98. The SMILES string of the molecule is CC(C)N(CC(=O)N1CCN(c2ccccn2)CC1)/N=C(\CCl)C(F)(F)F. The number of hydrazone groups is 1. The number of aromatic nitrogens is 1. The minimum atomic E-state index is -4.62. The number of pyridine rings is 1. The van der Waals surface area contributed by atoms with Crippen LogP contribution in [0.3, 0.4) is 0 Å². The van der Waals surface area contributed by atoms with Gasteiger partial charge in [-0.05, 0) is 26.0 Å². The number of nitrogens with zero attached hydrogens (tertiary/aromatic N) is 5. The number of alkyl halides is 4. The number of amides is 1. The van der Waals surface area contributed by atoms with Gasteiger partial charge in [-0.1, -0.05) is 6.07 Å². The summed E-state index contributed by atoms with van der Waals surface area (Å²) in [5, 5.41) is 4.73. The summed E-state index contributed by atoms with van der Waals surface area (Å²) in [6.07, 6.45) is -2.91. The first-order chi connectivity index (χ1) is 12.7. The van der Waals surface area contributed by atoms with Gasteiger partial charge < -0.3 is 9.80 Å². The van der Waals surface area contributed by atoms with Gasteiger partial charge in [0, 0.05) is 38.4 Å². The lowest BCUT2D eigenvalue weighted by atomic mass is 10.3. The third-order valence-electron chi connectivity index (χ3n) is 4.20. The molecule has 10 heteroatoms. The molecule has 0 bridgehead atoms. The maximum absolute atomic E-state index is 12.9. The van der Waals surface area contributed by atoms with Gasteiger partial charge in [-0.15, -0.1) is 11.6 Å². The molecular formula is C17H23ClF3N5O. The molecule has 1 fully saturated rings. The summed E-state index contributed by atoms with van der Waals surface area (Å²) in [6.45, 7) is 5.32. The summed E-state index contributed by atoms with van der Waals surface area (Å²) < 4.78 is 38.7. The predicted octanol–water partition coefficient (Wildman–Crippen LogP) is 2.60. The molecule has 0 unspecified atom stereocenters. The van der Waals surface area contributed by atoms with E-state index in [1.54, 1.807) is 24.9 Å². The number of hydrogen-bond donors (Lipinski definition) is 0. The Hall–Kier alpha value is -2.03. The van der Waals surface area contributed by atoms with Crippen molar-refractivity contribution in [2.45, 2.75) is 26.1 Å². The summed E-state index contributed by atoms with van der Waals surface area (Å²) in [5.41, 5.74) is -1.11. The molecule has 2 rings (SSSR count). The number of carbonyl (C=O) groups is 1. The molecule has 0 aliphatic carbocycles. The maximum Gasteiger partial charge on any atom is 0.432 e. The third-order valence-corrected chi connectivity index (χ3v) is 4.46. The topological polar surface area (TPSA) is 52.0 Å². The Bertz CT molecular complexity index is 646. The van der Waals surface area contributed by atoms with Crippen molar-refractivity contribution < 1.29 is 18.0 Å². The molecule has 0 radical (unpaired) electrons. The number of halogens is 4. The summed E-state index contributed by atoms with van der Waals surface area (Å²) in [7, 11) is 0. The standard InChI is InChI=1S/C17H23ClF3N5O/c1-13(2)26(23-14(11-18)17(19,20)21)12-16(27)25-9-7-24(8-10-25)15-5-3-4-6-22-15/h3-6,13H,7-12H2,1-2H3/b23-14+. The van der Waals surface area contributed by atoms with E-state index < -0.39 is 17.8 Å². The lowest BCUT2D eigenvalue weighted by molar-refractivity contribution is -0.133. The van der Waals surface area contributed by atoms with Crippen LogP contribution in [0.25, 0.3) is 0 Å². The molecule has 0 spiro atoms. The van der Waals surface area contributed by atoms with E-state index in [0.29, 0.717) is 26.2 Å². The van der Waals surface area contributed by atoms with Crippen molar-refractivity contribution >= 4 is 29.0 Å². The Labute approximate surface area is 161 Å². The highest BCUT2D eigenvalue weighted by molar-refractivity contribution is 6.29. The van der Waals surface area contributed by atoms with Crippen LogP contribution in [0.2, 0.25) is 0 Å². The first-order valence-corrected chi connectivity index (χ1v) is 9.17. The lowest BCUT2D eigenvalue weighted by Gasteiger charge is -2.36. The largest absolute Gasteiger partial charge is 0.432 e. The number of piperazine rings is 1. The van der Waals surface area contributed by atoms with E-state index in [0.717, 1.165) is 10.8 Å². The second-order valence-electron chi connectivity index (χ2n) is 6.43. The minimum absolute atomic E-state index is 0.224. The van der Waals surface area contributed by atoms with Crippen LogP contribution in [0, 0.1) is 0 Å². The monoisotopic (exact) mass is 405 g/mol. The minimum Gasteiger partial charge on any atom is -0.353 e. The van der Waals surface area contributed by atoms with Crippen LogP contribution in [0.1, 0.15) is 13.8 Å². The molecule has 1 amide bonds. The van der Waals surface area contributed by atoms with E-state index in [1.807, 2.05) is 18.2 Å². The Kier molecular flexibility index (Phi) is 7.29. The highest BCUT2D eigenvalue weighted by Gasteiger charge is 2.36. The zero-order chi connectivity index (χ0) is 20.0. The van der Waals surface area contributed by atoms with Crippen molar-refractivity contribution in [1.29, 1.82) is 0 Å².